The van der Waals surface area contributed by atoms with Gasteiger partial charge < -0.3 is 14.6 Å². The van der Waals surface area contributed by atoms with Crippen molar-refractivity contribution in [1.29, 1.82) is 0 Å². The Morgan fingerprint density at radius 3 is 2.57 bits per heavy atom. The van der Waals surface area contributed by atoms with Crippen molar-refractivity contribution in [3.63, 3.8) is 0 Å². The zero-order valence-electron chi connectivity index (χ0n) is 12.3. The topological polar surface area (TPSA) is 98.9 Å². The zero-order chi connectivity index (χ0) is 16.0. The molecule has 0 atom stereocenters. The van der Waals surface area contributed by atoms with Gasteiger partial charge in [0.15, 0.2) is 6.79 Å². The number of aromatic carboxylic acids is 1. The van der Waals surface area contributed by atoms with Crippen molar-refractivity contribution in [2.45, 2.75) is 25.7 Å². The molecule has 0 aliphatic carbocycles. The van der Waals surface area contributed by atoms with Gasteiger partial charge in [-0.3, -0.25) is 10.1 Å². The number of nitrogens with zero attached hydrogens (tertiary/aromatic N) is 1. The molecular weight excluding hydrogens is 294 g/mol. The molecule has 0 aliphatic heterocycles. The van der Waals surface area contributed by atoms with Gasteiger partial charge in [0, 0.05) is 20.7 Å². The molecule has 0 spiro atoms. The maximum absolute atomic E-state index is 11.0. The highest BCUT2D eigenvalue weighted by Crippen LogP contribution is 2.25. The van der Waals surface area contributed by atoms with Crippen molar-refractivity contribution in [2.75, 3.05) is 13.4 Å². The van der Waals surface area contributed by atoms with Crippen LogP contribution < -0.4 is 4.74 Å². The van der Waals surface area contributed by atoms with E-state index in [9.17, 15) is 14.9 Å². The lowest BCUT2D eigenvalue weighted by Crippen LogP contribution is -2.22. The summed E-state index contributed by atoms with van der Waals surface area (Å²) in [7, 11) is -1.20. The van der Waals surface area contributed by atoms with E-state index >= 15 is 0 Å². The Hall–Kier alpha value is -1.93. The number of ether oxygens (including phenoxy) is 2. The summed E-state index contributed by atoms with van der Waals surface area (Å²) in [5.41, 5.74) is -0.355. The van der Waals surface area contributed by atoms with E-state index in [0.29, 0.717) is 6.61 Å². The molecule has 116 valence electrons. The number of hydrogen-bond donors (Lipinski definition) is 1. The molecule has 0 saturated carbocycles. The summed E-state index contributed by atoms with van der Waals surface area (Å²) in [5.74, 6) is -1.27. The van der Waals surface area contributed by atoms with Crippen LogP contribution in [0, 0.1) is 10.1 Å². The third-order valence-electron chi connectivity index (χ3n) is 2.70. The molecule has 8 heteroatoms. The van der Waals surface area contributed by atoms with Crippen molar-refractivity contribution < 1.29 is 24.3 Å². The van der Waals surface area contributed by atoms with Crippen LogP contribution in [0.2, 0.25) is 25.7 Å². The molecule has 1 aromatic carbocycles. The average Bonchev–Trinajstić information content (AvgIpc) is 2.36. The van der Waals surface area contributed by atoms with Crippen LogP contribution in [-0.4, -0.2) is 37.5 Å². The lowest BCUT2D eigenvalue weighted by atomic mass is 10.2. The van der Waals surface area contributed by atoms with E-state index in [-0.39, 0.29) is 23.8 Å². The van der Waals surface area contributed by atoms with E-state index in [1.807, 2.05) is 0 Å². The third kappa shape index (κ3) is 5.92. The molecule has 0 unspecified atom stereocenters. The highest BCUT2D eigenvalue weighted by Gasteiger charge is 2.17. The number of nitro benzene ring substituents is 1. The molecule has 0 heterocycles. The summed E-state index contributed by atoms with van der Waals surface area (Å²) < 4.78 is 10.5. The lowest BCUT2D eigenvalue weighted by molar-refractivity contribution is -0.385. The molecule has 1 N–H and O–H groups in total. The molecule has 7 nitrogen and oxygen atoms in total. The fraction of sp³-hybridized carbons (Fsp3) is 0.462. The Balaban J connectivity index is 2.66. The van der Waals surface area contributed by atoms with Crippen LogP contribution in [-0.2, 0) is 4.74 Å². The highest BCUT2D eigenvalue weighted by molar-refractivity contribution is 6.76. The number of rotatable bonds is 8. The summed E-state index contributed by atoms with van der Waals surface area (Å²) in [5, 5.41) is 19.7. The average molecular weight is 313 g/mol. The number of benzene rings is 1. The second-order valence-electron chi connectivity index (χ2n) is 5.72. The van der Waals surface area contributed by atoms with E-state index in [4.69, 9.17) is 14.6 Å². The van der Waals surface area contributed by atoms with Crippen LogP contribution in [0.4, 0.5) is 5.69 Å². The Bertz CT molecular complexity index is 526. The SMILES string of the molecule is C[Si](C)(C)CCOCOc1cc([N+](=O)[O-])ccc1C(=O)O. The first-order valence-electron chi connectivity index (χ1n) is 6.43. The maximum atomic E-state index is 11.0. The van der Waals surface area contributed by atoms with Crippen LogP contribution in [0.3, 0.4) is 0 Å². The first kappa shape index (κ1) is 17.1. The number of carboxylic acid groups (broad SMARTS) is 1. The standard InChI is InChI=1S/C13H19NO6Si/c1-21(2,3)7-6-19-9-20-12-8-10(14(17)18)4-5-11(12)13(15)16/h4-5,8H,6-7,9H2,1-3H3,(H,15,16). The van der Waals surface area contributed by atoms with Crippen molar-refractivity contribution in [3.05, 3.63) is 33.9 Å². The highest BCUT2D eigenvalue weighted by atomic mass is 28.3. The molecule has 0 radical (unpaired) electrons. The number of carboxylic acids is 1. The number of nitro groups is 1. The minimum Gasteiger partial charge on any atom is -0.478 e. The third-order valence-corrected chi connectivity index (χ3v) is 4.40. The fourth-order valence-corrected chi connectivity index (χ4v) is 2.22. The van der Waals surface area contributed by atoms with Crippen molar-refractivity contribution in [2.24, 2.45) is 0 Å². The van der Waals surface area contributed by atoms with E-state index in [0.717, 1.165) is 24.2 Å². The molecule has 0 bridgehead atoms. The van der Waals surface area contributed by atoms with Gasteiger partial charge in [0.2, 0.25) is 0 Å². The van der Waals surface area contributed by atoms with Gasteiger partial charge in [-0.15, -0.1) is 0 Å². The Kier molecular flexibility index (Phi) is 5.86. The van der Waals surface area contributed by atoms with Gasteiger partial charge in [-0.05, 0) is 12.1 Å². The quantitative estimate of drug-likeness (QED) is 0.260. The van der Waals surface area contributed by atoms with Crippen molar-refractivity contribution >= 4 is 19.7 Å². The predicted octanol–water partition coefficient (Wildman–Crippen LogP) is 2.98. The van der Waals surface area contributed by atoms with Gasteiger partial charge in [-0.1, -0.05) is 19.6 Å². The Morgan fingerprint density at radius 1 is 1.38 bits per heavy atom. The van der Waals surface area contributed by atoms with Gasteiger partial charge in [-0.2, -0.15) is 0 Å². The molecule has 0 fully saturated rings. The Labute approximate surface area is 123 Å². The van der Waals surface area contributed by atoms with E-state index < -0.39 is 19.0 Å². The first-order chi connectivity index (χ1) is 9.70. The van der Waals surface area contributed by atoms with Crippen molar-refractivity contribution in [1.82, 2.24) is 0 Å². The predicted molar refractivity (Wildman–Crippen MR) is 79.7 cm³/mol. The zero-order valence-corrected chi connectivity index (χ0v) is 13.3. The van der Waals surface area contributed by atoms with Crippen LogP contribution in [0.15, 0.2) is 18.2 Å². The number of hydrogen-bond acceptors (Lipinski definition) is 5. The molecule has 0 saturated heterocycles. The molecule has 0 amide bonds. The van der Waals surface area contributed by atoms with Crippen LogP contribution >= 0.6 is 0 Å². The number of non-ortho nitro benzene ring substituents is 1. The second-order valence-corrected chi connectivity index (χ2v) is 11.3. The van der Waals surface area contributed by atoms with Gasteiger partial charge in [0.05, 0.1) is 11.0 Å². The molecule has 1 aromatic rings. The normalized spacial score (nSPS) is 11.2. The Morgan fingerprint density at radius 2 is 2.05 bits per heavy atom. The lowest BCUT2D eigenvalue weighted by Gasteiger charge is -2.15. The second kappa shape index (κ2) is 7.18. The first-order valence-corrected chi connectivity index (χ1v) is 10.1. The monoisotopic (exact) mass is 313 g/mol. The van der Waals surface area contributed by atoms with Gasteiger partial charge in [-0.25, -0.2) is 4.79 Å². The maximum Gasteiger partial charge on any atom is 0.339 e. The minimum absolute atomic E-state index is 0.0651. The molecule has 21 heavy (non-hydrogen) atoms. The van der Waals surface area contributed by atoms with Crippen molar-refractivity contribution in [3.8, 4) is 5.75 Å². The van der Waals surface area contributed by atoms with Crippen LogP contribution in [0.25, 0.3) is 0 Å². The van der Waals surface area contributed by atoms with E-state index in [2.05, 4.69) is 19.6 Å². The summed E-state index contributed by atoms with van der Waals surface area (Å²) >= 11 is 0. The summed E-state index contributed by atoms with van der Waals surface area (Å²) in [6.07, 6.45) is 0. The fourth-order valence-electron chi connectivity index (χ4n) is 1.46. The minimum atomic E-state index is -1.21. The van der Waals surface area contributed by atoms with Gasteiger partial charge in [0.1, 0.15) is 11.3 Å². The molecule has 1 rings (SSSR count). The smallest absolute Gasteiger partial charge is 0.339 e. The van der Waals surface area contributed by atoms with Gasteiger partial charge >= 0.3 is 5.97 Å². The molecule has 0 aromatic heterocycles. The van der Waals surface area contributed by atoms with E-state index in [1.54, 1.807) is 0 Å². The summed E-state index contributed by atoms with van der Waals surface area (Å²) in [4.78, 5) is 21.1. The molecular formula is C13H19NO6Si. The summed E-state index contributed by atoms with van der Waals surface area (Å²) in [6.45, 7) is 7.01. The summed E-state index contributed by atoms with van der Waals surface area (Å²) in [6, 6.07) is 4.32. The van der Waals surface area contributed by atoms with E-state index in [1.165, 1.54) is 0 Å². The number of carbonyl (C=O) groups is 1. The van der Waals surface area contributed by atoms with Crippen LogP contribution in [0.1, 0.15) is 10.4 Å². The van der Waals surface area contributed by atoms with Gasteiger partial charge in [0.25, 0.3) is 5.69 Å². The molecule has 0 aliphatic rings. The van der Waals surface area contributed by atoms with Crippen LogP contribution in [0.5, 0.6) is 5.75 Å². The largest absolute Gasteiger partial charge is 0.478 e.